The Morgan fingerprint density at radius 3 is 2.45 bits per heavy atom. The molecule has 1 N–H and O–H groups in total. The maximum atomic E-state index is 12.2. The minimum absolute atomic E-state index is 0.0286. The molecule has 0 amide bonds. The zero-order chi connectivity index (χ0) is 20.5. The summed E-state index contributed by atoms with van der Waals surface area (Å²) in [5.74, 6) is -0.174. The van der Waals surface area contributed by atoms with Crippen molar-refractivity contribution >= 4 is 51.8 Å². The van der Waals surface area contributed by atoms with E-state index >= 15 is 0 Å². The third kappa shape index (κ3) is 3.96. The van der Waals surface area contributed by atoms with Crippen LogP contribution >= 0.6 is 23.2 Å². The average molecular weight is 432 g/mol. The molecule has 1 aliphatic rings. The molecular formula is C21H19Cl2N3O3. The summed E-state index contributed by atoms with van der Waals surface area (Å²) in [6.07, 6.45) is 1.27. The van der Waals surface area contributed by atoms with E-state index in [4.69, 9.17) is 27.6 Å². The molecule has 1 saturated heterocycles. The Kier molecular flexibility index (Phi) is 5.50. The lowest BCUT2D eigenvalue weighted by molar-refractivity contribution is 0.313. The molecule has 0 unspecified atom stereocenters. The first-order valence-electron chi connectivity index (χ1n) is 9.15. The lowest BCUT2D eigenvalue weighted by Gasteiger charge is -2.35. The van der Waals surface area contributed by atoms with Crippen molar-refractivity contribution in [1.29, 1.82) is 0 Å². The fourth-order valence-corrected chi connectivity index (χ4v) is 4.07. The molecular weight excluding hydrogens is 413 g/mol. The normalized spacial score (nSPS) is 15.5. The molecule has 1 fully saturated rings. The van der Waals surface area contributed by atoms with Crippen LogP contribution in [0, 0.1) is 0 Å². The van der Waals surface area contributed by atoms with Gasteiger partial charge >= 0.3 is 5.63 Å². The number of nitrogens with zero attached hydrogens (tertiary/aromatic N) is 3. The van der Waals surface area contributed by atoms with Crippen LogP contribution in [0.1, 0.15) is 5.56 Å². The van der Waals surface area contributed by atoms with Crippen molar-refractivity contribution in [3.8, 4) is 5.75 Å². The lowest BCUT2D eigenvalue weighted by Crippen LogP contribution is -2.44. The molecule has 0 radical (unpaired) electrons. The molecule has 150 valence electrons. The van der Waals surface area contributed by atoms with Crippen LogP contribution in [-0.2, 0) is 0 Å². The highest BCUT2D eigenvalue weighted by atomic mass is 35.5. The minimum atomic E-state index is -0.670. The van der Waals surface area contributed by atoms with Crippen molar-refractivity contribution in [1.82, 2.24) is 4.90 Å². The zero-order valence-corrected chi connectivity index (χ0v) is 17.2. The molecule has 0 bridgehead atoms. The van der Waals surface area contributed by atoms with Crippen LogP contribution in [0.15, 0.2) is 50.6 Å². The number of rotatable bonds is 3. The number of para-hydroxylation sites is 1. The summed E-state index contributed by atoms with van der Waals surface area (Å²) in [5.41, 5.74) is 0.878. The van der Waals surface area contributed by atoms with E-state index in [9.17, 15) is 9.90 Å². The van der Waals surface area contributed by atoms with Crippen LogP contribution in [0.4, 0.5) is 11.4 Å². The molecule has 29 heavy (non-hydrogen) atoms. The Balaban J connectivity index is 1.66. The molecule has 1 aromatic heterocycles. The standard InChI is InChI=1S/C21H19Cl2N3O3/c1-25-6-8-26(9-7-25)19-16(22)10-13(11-17(19)23)24-12-15-20(27)14-4-2-3-5-18(14)29-21(15)28/h2-5,10-12,27H,6-9H2,1H3. The Morgan fingerprint density at radius 2 is 1.76 bits per heavy atom. The summed E-state index contributed by atoms with van der Waals surface area (Å²) in [7, 11) is 2.08. The number of aromatic hydroxyl groups is 1. The van der Waals surface area contributed by atoms with Crippen molar-refractivity contribution in [3.05, 3.63) is 62.4 Å². The molecule has 0 saturated carbocycles. The Labute approximate surface area is 177 Å². The number of piperazine rings is 1. The number of halogens is 2. The van der Waals surface area contributed by atoms with Gasteiger partial charge in [-0.2, -0.15) is 0 Å². The molecule has 2 heterocycles. The van der Waals surface area contributed by atoms with Crippen LogP contribution in [0.25, 0.3) is 11.0 Å². The highest BCUT2D eigenvalue weighted by molar-refractivity contribution is 6.39. The molecule has 4 rings (SSSR count). The summed E-state index contributed by atoms with van der Waals surface area (Å²) in [4.78, 5) is 20.9. The van der Waals surface area contributed by atoms with Gasteiger partial charge in [0.1, 0.15) is 16.9 Å². The number of hydrogen-bond acceptors (Lipinski definition) is 6. The third-order valence-electron chi connectivity index (χ3n) is 4.98. The van der Waals surface area contributed by atoms with Crippen LogP contribution in [-0.4, -0.2) is 49.4 Å². The van der Waals surface area contributed by atoms with Gasteiger partial charge in [-0.05, 0) is 31.3 Å². The zero-order valence-electron chi connectivity index (χ0n) is 15.7. The number of hydrogen-bond donors (Lipinski definition) is 1. The summed E-state index contributed by atoms with van der Waals surface area (Å²) in [6, 6.07) is 10.1. The molecule has 1 aliphatic heterocycles. The minimum Gasteiger partial charge on any atom is -0.506 e. The largest absolute Gasteiger partial charge is 0.506 e. The van der Waals surface area contributed by atoms with Crippen molar-refractivity contribution in [2.75, 3.05) is 38.1 Å². The highest BCUT2D eigenvalue weighted by Gasteiger charge is 2.20. The first-order chi connectivity index (χ1) is 13.9. The molecule has 2 aromatic carbocycles. The van der Waals surface area contributed by atoms with E-state index in [0.29, 0.717) is 26.7 Å². The maximum absolute atomic E-state index is 12.2. The van der Waals surface area contributed by atoms with Crippen molar-refractivity contribution < 1.29 is 9.52 Å². The van der Waals surface area contributed by atoms with Gasteiger partial charge in [0, 0.05) is 32.4 Å². The lowest BCUT2D eigenvalue weighted by atomic mass is 10.1. The number of likely N-dealkylation sites (N-methyl/N-ethyl adjacent to an activating group) is 1. The summed E-state index contributed by atoms with van der Waals surface area (Å²) >= 11 is 13.0. The molecule has 8 heteroatoms. The van der Waals surface area contributed by atoms with Gasteiger partial charge in [-0.25, -0.2) is 4.79 Å². The highest BCUT2D eigenvalue weighted by Crippen LogP contribution is 2.38. The van der Waals surface area contributed by atoms with Gasteiger partial charge in [-0.1, -0.05) is 35.3 Å². The van der Waals surface area contributed by atoms with Gasteiger partial charge in [0.05, 0.1) is 26.8 Å². The maximum Gasteiger partial charge on any atom is 0.348 e. The van der Waals surface area contributed by atoms with Gasteiger partial charge < -0.3 is 19.3 Å². The SMILES string of the molecule is CN1CCN(c2c(Cl)cc(N=Cc3c(O)c4ccccc4oc3=O)cc2Cl)CC1. The van der Waals surface area contributed by atoms with Gasteiger partial charge in [0.15, 0.2) is 0 Å². The van der Waals surface area contributed by atoms with Crippen LogP contribution in [0.5, 0.6) is 5.75 Å². The van der Waals surface area contributed by atoms with E-state index in [1.165, 1.54) is 6.21 Å². The predicted molar refractivity (Wildman–Crippen MR) is 118 cm³/mol. The Morgan fingerprint density at radius 1 is 1.10 bits per heavy atom. The molecule has 3 aromatic rings. The third-order valence-corrected chi connectivity index (χ3v) is 5.56. The number of benzene rings is 2. The van der Waals surface area contributed by atoms with Crippen LogP contribution in [0.3, 0.4) is 0 Å². The second-order valence-electron chi connectivity index (χ2n) is 6.95. The Bertz CT molecular complexity index is 1130. The van der Waals surface area contributed by atoms with Gasteiger partial charge in [0.25, 0.3) is 0 Å². The van der Waals surface area contributed by atoms with E-state index in [-0.39, 0.29) is 11.3 Å². The molecule has 0 atom stereocenters. The second-order valence-corrected chi connectivity index (χ2v) is 7.77. The van der Waals surface area contributed by atoms with Crippen molar-refractivity contribution in [3.63, 3.8) is 0 Å². The second kappa shape index (κ2) is 8.06. The smallest absolute Gasteiger partial charge is 0.348 e. The number of anilines is 1. The van der Waals surface area contributed by atoms with Crippen LogP contribution < -0.4 is 10.5 Å². The van der Waals surface area contributed by atoms with Crippen molar-refractivity contribution in [2.24, 2.45) is 4.99 Å². The summed E-state index contributed by atoms with van der Waals surface area (Å²) in [6.45, 7) is 3.54. The van der Waals surface area contributed by atoms with E-state index in [0.717, 1.165) is 31.9 Å². The van der Waals surface area contributed by atoms with Gasteiger partial charge in [-0.15, -0.1) is 0 Å². The van der Waals surface area contributed by atoms with Crippen LogP contribution in [0.2, 0.25) is 10.0 Å². The molecule has 0 spiro atoms. The average Bonchev–Trinajstić information content (AvgIpc) is 2.69. The Hall–Kier alpha value is -2.54. The first-order valence-corrected chi connectivity index (χ1v) is 9.91. The van der Waals surface area contributed by atoms with E-state index < -0.39 is 5.63 Å². The quantitative estimate of drug-likeness (QED) is 0.494. The van der Waals surface area contributed by atoms with Gasteiger partial charge in [0.2, 0.25) is 0 Å². The van der Waals surface area contributed by atoms with E-state index in [2.05, 4.69) is 21.8 Å². The monoisotopic (exact) mass is 431 g/mol. The van der Waals surface area contributed by atoms with E-state index in [1.807, 2.05) is 0 Å². The first kappa shape index (κ1) is 19.8. The van der Waals surface area contributed by atoms with E-state index in [1.54, 1.807) is 36.4 Å². The fraction of sp³-hybridized carbons (Fsp3) is 0.238. The molecule has 6 nitrogen and oxygen atoms in total. The topological polar surface area (TPSA) is 69.3 Å². The molecule has 0 aliphatic carbocycles. The van der Waals surface area contributed by atoms with Crippen molar-refractivity contribution in [2.45, 2.75) is 0 Å². The fourth-order valence-electron chi connectivity index (χ4n) is 3.36. The van der Waals surface area contributed by atoms with Gasteiger partial charge in [-0.3, -0.25) is 4.99 Å². The summed E-state index contributed by atoms with van der Waals surface area (Å²) < 4.78 is 5.25. The number of fused-ring (bicyclic) bond motifs is 1. The summed E-state index contributed by atoms with van der Waals surface area (Å²) in [5, 5.41) is 11.9. The number of aliphatic imine (C=N–C) groups is 1. The predicted octanol–water partition coefficient (Wildman–Crippen LogP) is 4.31.